The summed E-state index contributed by atoms with van der Waals surface area (Å²) in [5.41, 5.74) is 1.06. The predicted octanol–water partition coefficient (Wildman–Crippen LogP) is -0.120. The number of fused-ring (bicyclic) bond motifs is 1. The van der Waals surface area contributed by atoms with Gasteiger partial charge in [-0.15, -0.1) is 9.89 Å². The second-order valence-corrected chi connectivity index (χ2v) is 4.17. The third-order valence-electron chi connectivity index (χ3n) is 2.96. The van der Waals surface area contributed by atoms with Gasteiger partial charge >= 0.3 is 5.69 Å². The zero-order chi connectivity index (χ0) is 14.2. The van der Waals surface area contributed by atoms with Crippen molar-refractivity contribution in [2.24, 2.45) is 0 Å². The summed E-state index contributed by atoms with van der Waals surface area (Å²) in [5, 5.41) is 7.55. The lowest BCUT2D eigenvalue weighted by atomic mass is 10.4. The first-order chi connectivity index (χ1) is 10.4. The molecule has 4 rings (SSSR count). The quantitative estimate of drug-likeness (QED) is 0.508. The maximum Gasteiger partial charge on any atom is 0.357 e. The Balaban J connectivity index is 2.14. The number of hydrogen-bond acceptors (Lipinski definition) is 6. The highest BCUT2D eigenvalue weighted by Crippen LogP contribution is 2.12. The van der Waals surface area contributed by atoms with Crippen LogP contribution in [0.25, 0.3) is 17.0 Å². The Hall–Kier alpha value is -3.36. The minimum atomic E-state index is -0.352. The van der Waals surface area contributed by atoms with E-state index < -0.39 is 0 Å². The smallest absolute Gasteiger partial charge is 0.263 e. The van der Waals surface area contributed by atoms with Crippen molar-refractivity contribution in [3.63, 3.8) is 0 Å². The van der Waals surface area contributed by atoms with Gasteiger partial charge in [-0.25, -0.2) is 19.3 Å². The van der Waals surface area contributed by atoms with Gasteiger partial charge < -0.3 is 0 Å². The topological polar surface area (TPSA) is 96.3 Å². The summed E-state index contributed by atoms with van der Waals surface area (Å²) in [7, 11) is 0. The second-order valence-electron chi connectivity index (χ2n) is 4.17. The van der Waals surface area contributed by atoms with E-state index in [1.165, 1.54) is 32.6 Å². The van der Waals surface area contributed by atoms with Gasteiger partial charge in [-0.2, -0.15) is 4.68 Å². The monoisotopic (exact) mass is 280 g/mol. The molecule has 4 aromatic rings. The lowest BCUT2D eigenvalue weighted by Gasteiger charge is -2.00. The zero-order valence-corrected chi connectivity index (χ0v) is 10.6. The van der Waals surface area contributed by atoms with Gasteiger partial charge in [-0.3, -0.25) is 4.98 Å². The fourth-order valence-electron chi connectivity index (χ4n) is 2.12. The second kappa shape index (κ2) is 4.34. The largest absolute Gasteiger partial charge is 0.357 e. The fraction of sp³-hybridized carbons (Fsp3) is 0. The van der Waals surface area contributed by atoms with Crippen LogP contribution in [0.4, 0.5) is 0 Å². The molecule has 0 unspecified atom stereocenters. The van der Waals surface area contributed by atoms with Crippen molar-refractivity contribution in [1.82, 2.24) is 39.3 Å². The summed E-state index contributed by atoms with van der Waals surface area (Å²) in [5.74, 6) is 0. The zero-order valence-electron chi connectivity index (χ0n) is 10.6. The van der Waals surface area contributed by atoms with Gasteiger partial charge in [0.1, 0.15) is 0 Å². The Kier molecular flexibility index (Phi) is 2.37. The van der Waals surface area contributed by atoms with Crippen molar-refractivity contribution in [2.45, 2.75) is 0 Å². The first kappa shape index (κ1) is 11.5. The van der Waals surface area contributed by atoms with Crippen LogP contribution in [0.2, 0.25) is 0 Å². The molecule has 0 radical (unpaired) electrons. The molecule has 21 heavy (non-hydrogen) atoms. The Bertz CT molecular complexity index is 954. The lowest BCUT2D eigenvalue weighted by molar-refractivity contribution is 0.539. The molecule has 4 aromatic heterocycles. The van der Waals surface area contributed by atoms with E-state index in [4.69, 9.17) is 0 Å². The van der Waals surface area contributed by atoms with E-state index in [0.29, 0.717) is 17.0 Å². The molecule has 0 saturated heterocycles. The van der Waals surface area contributed by atoms with E-state index in [1.807, 2.05) is 0 Å². The van der Waals surface area contributed by atoms with Crippen LogP contribution >= 0.6 is 0 Å². The number of aromatic nitrogens is 8. The molecule has 0 saturated carbocycles. The molecule has 4 heterocycles. The summed E-state index contributed by atoms with van der Waals surface area (Å²) in [6, 6.07) is 3.52. The maximum absolute atomic E-state index is 12.7. The van der Waals surface area contributed by atoms with Crippen LogP contribution < -0.4 is 5.69 Å². The third kappa shape index (κ3) is 1.64. The molecule has 0 bridgehead atoms. The van der Waals surface area contributed by atoms with E-state index in [1.54, 1.807) is 30.7 Å². The van der Waals surface area contributed by atoms with Crippen molar-refractivity contribution < 1.29 is 0 Å². The highest BCUT2D eigenvalue weighted by molar-refractivity contribution is 5.68. The standard InChI is InChI=1S/C12H8N8O/c21-12-19(9-2-1-3-13-8-9)10-11(15-5-4-14-10)20(12)18-7-6-16-17-18/h1-8H. The van der Waals surface area contributed by atoms with Gasteiger partial charge in [0, 0.05) is 18.6 Å². The Labute approximate surface area is 117 Å². The van der Waals surface area contributed by atoms with Crippen LogP contribution in [-0.2, 0) is 0 Å². The molecular formula is C12H8N8O. The van der Waals surface area contributed by atoms with Crippen LogP contribution in [0.5, 0.6) is 0 Å². The molecule has 0 spiro atoms. The van der Waals surface area contributed by atoms with Gasteiger partial charge in [-0.1, -0.05) is 0 Å². The maximum atomic E-state index is 12.7. The molecule has 9 heteroatoms. The number of nitrogens with zero attached hydrogens (tertiary/aromatic N) is 8. The summed E-state index contributed by atoms with van der Waals surface area (Å²) in [6.07, 6.45) is 9.31. The van der Waals surface area contributed by atoms with Crippen molar-refractivity contribution in [3.05, 3.63) is 59.8 Å². The molecule has 0 amide bonds. The molecule has 0 N–H and O–H groups in total. The number of pyridine rings is 1. The molecule has 9 nitrogen and oxygen atoms in total. The van der Waals surface area contributed by atoms with Crippen molar-refractivity contribution >= 4 is 11.3 Å². The Morgan fingerprint density at radius 2 is 1.86 bits per heavy atom. The number of hydrogen-bond donors (Lipinski definition) is 0. The van der Waals surface area contributed by atoms with Gasteiger partial charge in [0.25, 0.3) is 0 Å². The van der Waals surface area contributed by atoms with Crippen molar-refractivity contribution in [3.8, 4) is 5.69 Å². The number of imidazole rings is 1. The van der Waals surface area contributed by atoms with Crippen molar-refractivity contribution in [1.29, 1.82) is 0 Å². The van der Waals surface area contributed by atoms with E-state index >= 15 is 0 Å². The minimum Gasteiger partial charge on any atom is -0.263 e. The summed E-state index contributed by atoms with van der Waals surface area (Å²) in [6.45, 7) is 0. The average molecular weight is 280 g/mol. The average Bonchev–Trinajstić information content (AvgIpc) is 3.13. The predicted molar refractivity (Wildman–Crippen MR) is 71.7 cm³/mol. The van der Waals surface area contributed by atoms with Gasteiger partial charge in [0.15, 0.2) is 5.65 Å². The normalized spacial score (nSPS) is 11.0. The van der Waals surface area contributed by atoms with Gasteiger partial charge in [0.05, 0.1) is 24.3 Å². The van der Waals surface area contributed by atoms with E-state index in [0.717, 1.165) is 0 Å². The van der Waals surface area contributed by atoms with Crippen LogP contribution in [0.1, 0.15) is 0 Å². The third-order valence-corrected chi connectivity index (χ3v) is 2.96. The van der Waals surface area contributed by atoms with Crippen LogP contribution in [0.15, 0.2) is 54.1 Å². The highest BCUT2D eigenvalue weighted by Gasteiger charge is 2.18. The Morgan fingerprint density at radius 3 is 2.57 bits per heavy atom. The van der Waals surface area contributed by atoms with Crippen molar-refractivity contribution in [2.75, 3.05) is 0 Å². The minimum absolute atomic E-state index is 0.352. The molecule has 0 atom stereocenters. The molecule has 0 aliphatic carbocycles. The fourth-order valence-corrected chi connectivity index (χ4v) is 2.12. The van der Waals surface area contributed by atoms with Crippen LogP contribution in [0, 0.1) is 0 Å². The molecule has 102 valence electrons. The van der Waals surface area contributed by atoms with Crippen LogP contribution in [-0.4, -0.2) is 39.3 Å². The van der Waals surface area contributed by atoms with E-state index in [2.05, 4.69) is 25.3 Å². The summed E-state index contributed by atoms with van der Waals surface area (Å²) in [4.78, 5) is 26.5. The number of rotatable bonds is 2. The molecule has 0 aliphatic rings. The van der Waals surface area contributed by atoms with Crippen LogP contribution in [0.3, 0.4) is 0 Å². The highest BCUT2D eigenvalue weighted by atomic mass is 16.2. The molecular weight excluding hydrogens is 272 g/mol. The molecule has 0 aliphatic heterocycles. The first-order valence-corrected chi connectivity index (χ1v) is 6.08. The van der Waals surface area contributed by atoms with Gasteiger partial charge in [0.2, 0.25) is 5.65 Å². The van der Waals surface area contributed by atoms with Gasteiger partial charge in [-0.05, 0) is 17.3 Å². The lowest BCUT2D eigenvalue weighted by Crippen LogP contribution is -2.28. The summed E-state index contributed by atoms with van der Waals surface area (Å²) >= 11 is 0. The first-order valence-electron chi connectivity index (χ1n) is 6.08. The molecule has 0 fully saturated rings. The SMILES string of the molecule is O=c1n(-c2cccnc2)c2nccnc2n1-n1ccnn1. The van der Waals surface area contributed by atoms with E-state index in [9.17, 15) is 4.79 Å². The molecule has 0 aromatic carbocycles. The Morgan fingerprint density at radius 1 is 1.00 bits per heavy atom. The van der Waals surface area contributed by atoms with E-state index in [-0.39, 0.29) is 5.69 Å². The summed E-state index contributed by atoms with van der Waals surface area (Å²) < 4.78 is 2.72.